The van der Waals surface area contributed by atoms with Gasteiger partial charge in [0.1, 0.15) is 11.5 Å². The van der Waals surface area contributed by atoms with E-state index in [9.17, 15) is 9.18 Å². The highest BCUT2D eigenvalue weighted by Gasteiger charge is 2.37. The van der Waals surface area contributed by atoms with E-state index in [1.54, 1.807) is 12.3 Å². The maximum atomic E-state index is 13.2. The molecule has 0 bridgehead atoms. The molecule has 3 unspecified atom stereocenters. The van der Waals surface area contributed by atoms with Gasteiger partial charge in [-0.25, -0.2) is 4.39 Å². The normalized spacial score (nSPS) is 26.0. The monoisotopic (exact) mass is 354 g/mol. The molecular weight excluding hydrogens is 331 g/mol. The van der Waals surface area contributed by atoms with Gasteiger partial charge in [0.2, 0.25) is 0 Å². The van der Waals surface area contributed by atoms with Crippen molar-refractivity contribution in [1.29, 1.82) is 0 Å². The second kappa shape index (κ2) is 7.51. The number of carbonyl (C=O) groups excluding carboxylic acids is 1. The number of nitrogens with zero attached hydrogens (tertiary/aromatic N) is 2. The minimum Gasteiger partial charge on any atom is -0.337 e. The quantitative estimate of drug-likeness (QED) is 0.888. The van der Waals surface area contributed by atoms with Crippen LogP contribution in [0.4, 0.5) is 4.39 Å². The molecular formula is C20H23FN4O. The summed E-state index contributed by atoms with van der Waals surface area (Å²) in [5.41, 5.74) is 8.27. The van der Waals surface area contributed by atoms with Crippen molar-refractivity contribution < 1.29 is 9.18 Å². The molecule has 2 fully saturated rings. The number of aromatic nitrogens is 1. The number of pyridine rings is 1. The Morgan fingerprint density at radius 3 is 2.81 bits per heavy atom. The van der Waals surface area contributed by atoms with Gasteiger partial charge in [-0.05, 0) is 48.6 Å². The zero-order valence-electron chi connectivity index (χ0n) is 14.6. The van der Waals surface area contributed by atoms with Gasteiger partial charge in [0.05, 0.1) is 0 Å². The number of amides is 1. The predicted octanol–water partition coefficient (Wildman–Crippen LogP) is 2.33. The van der Waals surface area contributed by atoms with Gasteiger partial charge in [0.15, 0.2) is 0 Å². The van der Waals surface area contributed by atoms with E-state index in [0.717, 1.165) is 31.5 Å². The minimum absolute atomic E-state index is 0.000381. The molecule has 2 aliphatic rings. The number of likely N-dealkylation sites (tertiary alicyclic amines) is 1. The Morgan fingerprint density at radius 1 is 1.19 bits per heavy atom. The summed E-state index contributed by atoms with van der Waals surface area (Å²) >= 11 is 0. The van der Waals surface area contributed by atoms with Gasteiger partial charge in [0.25, 0.3) is 5.91 Å². The van der Waals surface area contributed by atoms with Crippen molar-refractivity contribution in [3.63, 3.8) is 0 Å². The van der Waals surface area contributed by atoms with Gasteiger partial charge in [-0.3, -0.25) is 20.6 Å². The Hall–Kier alpha value is -2.31. The van der Waals surface area contributed by atoms with Crippen LogP contribution in [0.15, 0.2) is 48.7 Å². The number of hydrazine groups is 1. The van der Waals surface area contributed by atoms with Crippen LogP contribution < -0.4 is 10.9 Å². The molecule has 1 amide bonds. The SMILES string of the molecule is O=C(c1ccccn1)N1CCCC(C2NNCC2c2ccc(F)cc2)C1. The number of carbonyl (C=O) groups is 1. The van der Waals surface area contributed by atoms with E-state index in [1.165, 1.54) is 12.1 Å². The maximum absolute atomic E-state index is 13.2. The fourth-order valence-electron chi connectivity index (χ4n) is 4.13. The van der Waals surface area contributed by atoms with E-state index in [1.807, 2.05) is 29.2 Å². The molecule has 2 aromatic rings. The molecule has 3 atom stereocenters. The Kier molecular flexibility index (Phi) is 4.95. The van der Waals surface area contributed by atoms with Crippen LogP contribution in [-0.2, 0) is 0 Å². The first-order valence-corrected chi connectivity index (χ1v) is 9.16. The van der Waals surface area contributed by atoms with Crippen LogP contribution in [0, 0.1) is 11.7 Å². The second-order valence-corrected chi connectivity index (χ2v) is 7.08. The van der Waals surface area contributed by atoms with Gasteiger partial charge < -0.3 is 4.90 Å². The highest BCUT2D eigenvalue weighted by molar-refractivity contribution is 5.92. The maximum Gasteiger partial charge on any atom is 0.272 e. The van der Waals surface area contributed by atoms with Crippen LogP contribution in [0.3, 0.4) is 0 Å². The summed E-state index contributed by atoms with van der Waals surface area (Å²) in [7, 11) is 0. The molecule has 4 rings (SSSR count). The molecule has 136 valence electrons. The van der Waals surface area contributed by atoms with Crippen molar-refractivity contribution in [2.24, 2.45) is 5.92 Å². The summed E-state index contributed by atoms with van der Waals surface area (Å²) in [6.45, 7) is 2.29. The van der Waals surface area contributed by atoms with Gasteiger partial charge >= 0.3 is 0 Å². The van der Waals surface area contributed by atoms with E-state index < -0.39 is 0 Å². The van der Waals surface area contributed by atoms with Crippen molar-refractivity contribution in [1.82, 2.24) is 20.7 Å². The zero-order chi connectivity index (χ0) is 17.9. The Morgan fingerprint density at radius 2 is 2.04 bits per heavy atom. The van der Waals surface area contributed by atoms with E-state index in [0.29, 0.717) is 18.2 Å². The lowest BCUT2D eigenvalue weighted by molar-refractivity contribution is 0.0638. The van der Waals surface area contributed by atoms with Gasteiger partial charge in [-0.15, -0.1) is 0 Å². The molecule has 5 nitrogen and oxygen atoms in total. The fourth-order valence-corrected chi connectivity index (χ4v) is 4.13. The number of piperidine rings is 1. The van der Waals surface area contributed by atoms with Crippen molar-refractivity contribution >= 4 is 5.91 Å². The van der Waals surface area contributed by atoms with E-state index in [4.69, 9.17) is 0 Å². The van der Waals surface area contributed by atoms with Crippen molar-refractivity contribution in [3.05, 3.63) is 65.7 Å². The zero-order valence-corrected chi connectivity index (χ0v) is 14.6. The van der Waals surface area contributed by atoms with Gasteiger partial charge in [0, 0.05) is 37.8 Å². The third-order valence-electron chi connectivity index (χ3n) is 5.46. The van der Waals surface area contributed by atoms with Crippen molar-refractivity contribution in [3.8, 4) is 0 Å². The van der Waals surface area contributed by atoms with Crippen molar-refractivity contribution in [2.45, 2.75) is 24.8 Å². The Balaban J connectivity index is 1.48. The Bertz CT molecular complexity index is 752. The van der Waals surface area contributed by atoms with E-state index in [2.05, 4.69) is 15.8 Å². The number of nitrogens with one attached hydrogen (secondary N) is 2. The molecule has 2 saturated heterocycles. The Labute approximate surface area is 152 Å². The first kappa shape index (κ1) is 17.1. The number of rotatable bonds is 3. The summed E-state index contributed by atoms with van der Waals surface area (Å²) in [6.07, 6.45) is 3.71. The summed E-state index contributed by atoms with van der Waals surface area (Å²) in [5.74, 6) is 0.403. The van der Waals surface area contributed by atoms with Crippen LogP contribution in [-0.4, -0.2) is 41.5 Å². The summed E-state index contributed by atoms with van der Waals surface area (Å²) in [4.78, 5) is 18.8. The topological polar surface area (TPSA) is 57.3 Å². The highest BCUT2D eigenvalue weighted by atomic mass is 19.1. The summed E-state index contributed by atoms with van der Waals surface area (Å²) in [5, 5.41) is 0. The van der Waals surface area contributed by atoms with E-state index >= 15 is 0 Å². The standard InChI is InChI=1S/C20H23FN4O/c21-16-8-6-14(7-9-16)17-12-23-24-19(17)15-4-3-11-25(13-15)20(26)18-5-1-2-10-22-18/h1-2,5-10,15,17,19,23-24H,3-4,11-13H2. The molecule has 2 N–H and O–H groups in total. The molecule has 1 aromatic heterocycles. The largest absolute Gasteiger partial charge is 0.337 e. The molecule has 0 aliphatic carbocycles. The van der Waals surface area contributed by atoms with Gasteiger partial charge in [-0.2, -0.15) is 0 Å². The summed E-state index contributed by atoms with van der Waals surface area (Å²) in [6, 6.07) is 12.4. The molecule has 0 radical (unpaired) electrons. The second-order valence-electron chi connectivity index (χ2n) is 7.08. The predicted molar refractivity (Wildman–Crippen MR) is 96.9 cm³/mol. The first-order valence-electron chi connectivity index (χ1n) is 9.16. The van der Waals surface area contributed by atoms with Crippen LogP contribution in [0.1, 0.15) is 34.8 Å². The number of halogens is 1. The first-order chi connectivity index (χ1) is 12.7. The number of hydrogen-bond donors (Lipinski definition) is 2. The number of benzene rings is 1. The molecule has 26 heavy (non-hydrogen) atoms. The molecule has 3 heterocycles. The fraction of sp³-hybridized carbons (Fsp3) is 0.400. The highest BCUT2D eigenvalue weighted by Crippen LogP contribution is 2.32. The molecule has 1 aromatic carbocycles. The number of hydrogen-bond acceptors (Lipinski definition) is 4. The van der Waals surface area contributed by atoms with Crippen LogP contribution in [0.25, 0.3) is 0 Å². The smallest absolute Gasteiger partial charge is 0.272 e. The lowest BCUT2D eigenvalue weighted by Gasteiger charge is -2.37. The van der Waals surface area contributed by atoms with Crippen molar-refractivity contribution in [2.75, 3.05) is 19.6 Å². The lowest BCUT2D eigenvalue weighted by Crippen LogP contribution is -2.48. The minimum atomic E-state index is -0.214. The van der Waals surface area contributed by atoms with Crippen LogP contribution in [0.5, 0.6) is 0 Å². The third-order valence-corrected chi connectivity index (χ3v) is 5.46. The molecule has 6 heteroatoms. The average Bonchev–Trinajstić information content (AvgIpc) is 3.19. The van der Waals surface area contributed by atoms with Crippen LogP contribution in [0.2, 0.25) is 0 Å². The average molecular weight is 354 g/mol. The van der Waals surface area contributed by atoms with E-state index in [-0.39, 0.29) is 23.7 Å². The summed E-state index contributed by atoms with van der Waals surface area (Å²) < 4.78 is 13.2. The molecule has 2 aliphatic heterocycles. The third kappa shape index (κ3) is 3.48. The molecule has 0 spiro atoms. The molecule has 0 saturated carbocycles. The van der Waals surface area contributed by atoms with Crippen LogP contribution >= 0.6 is 0 Å². The van der Waals surface area contributed by atoms with Gasteiger partial charge in [-0.1, -0.05) is 18.2 Å². The lowest BCUT2D eigenvalue weighted by atomic mass is 9.81.